The molecular weight excluding hydrogens is 382 g/mol. The van der Waals surface area contributed by atoms with Gasteiger partial charge < -0.3 is 20.1 Å². The van der Waals surface area contributed by atoms with Crippen LogP contribution in [0.25, 0.3) is 22.6 Å². The number of benzene rings is 1. The van der Waals surface area contributed by atoms with Gasteiger partial charge in [-0.2, -0.15) is 5.10 Å². The lowest BCUT2D eigenvalue weighted by Gasteiger charge is -2.18. The Hall–Kier alpha value is -3.36. The second kappa shape index (κ2) is 6.58. The first-order valence-corrected chi connectivity index (χ1v) is 10.4. The Bertz CT molecular complexity index is 1150. The lowest BCUT2D eigenvalue weighted by molar-refractivity contribution is -0.122. The van der Waals surface area contributed by atoms with Gasteiger partial charge in [0.25, 0.3) is 0 Å². The van der Waals surface area contributed by atoms with E-state index in [1.165, 1.54) is 0 Å². The lowest BCUT2D eigenvalue weighted by Crippen LogP contribution is -2.35. The van der Waals surface area contributed by atoms with Crippen LogP contribution in [0.3, 0.4) is 0 Å². The Morgan fingerprint density at radius 3 is 2.77 bits per heavy atom. The van der Waals surface area contributed by atoms with Crippen LogP contribution in [0.1, 0.15) is 39.2 Å². The Labute approximate surface area is 173 Å². The monoisotopic (exact) mass is 407 g/mol. The first kappa shape index (κ1) is 18.7. The van der Waals surface area contributed by atoms with Crippen LogP contribution in [-0.4, -0.2) is 56.6 Å². The van der Waals surface area contributed by atoms with Crippen LogP contribution in [0.2, 0.25) is 0 Å². The van der Waals surface area contributed by atoms with E-state index >= 15 is 0 Å². The van der Waals surface area contributed by atoms with Crippen molar-refractivity contribution in [1.29, 1.82) is 0 Å². The highest BCUT2D eigenvalue weighted by molar-refractivity contribution is 6.09. The fourth-order valence-electron chi connectivity index (χ4n) is 4.44. The van der Waals surface area contributed by atoms with Crippen molar-refractivity contribution in [1.82, 2.24) is 25.1 Å². The first-order chi connectivity index (χ1) is 14.4. The van der Waals surface area contributed by atoms with Crippen molar-refractivity contribution in [2.24, 2.45) is 0 Å². The van der Waals surface area contributed by atoms with E-state index in [2.05, 4.69) is 20.5 Å². The molecule has 3 amide bonds. The molecule has 2 aliphatic heterocycles. The summed E-state index contributed by atoms with van der Waals surface area (Å²) in [4.78, 5) is 36.9. The second-order valence-corrected chi connectivity index (χ2v) is 8.42. The van der Waals surface area contributed by atoms with E-state index in [1.807, 2.05) is 32.9 Å². The van der Waals surface area contributed by atoms with Crippen molar-refractivity contribution in [2.75, 3.05) is 29.9 Å². The van der Waals surface area contributed by atoms with E-state index in [0.717, 1.165) is 48.2 Å². The average Bonchev–Trinajstić information content (AvgIpc) is 3.48. The number of imidazole rings is 1. The Kier molecular flexibility index (Phi) is 4.09. The molecule has 0 unspecified atom stereocenters. The molecule has 0 radical (unpaired) electrons. The van der Waals surface area contributed by atoms with Crippen LogP contribution < -0.4 is 10.2 Å². The van der Waals surface area contributed by atoms with Crippen LogP contribution in [0.4, 0.5) is 16.2 Å². The van der Waals surface area contributed by atoms with Crippen LogP contribution in [0, 0.1) is 0 Å². The number of carbonyl (C=O) groups excluding carboxylic acids is 2. The molecule has 1 aromatic carbocycles. The summed E-state index contributed by atoms with van der Waals surface area (Å²) in [5.41, 5.74) is 4.05. The van der Waals surface area contributed by atoms with Gasteiger partial charge >= 0.3 is 6.03 Å². The molecule has 5 rings (SSSR count). The number of nitrogens with zero attached hydrogens (tertiary/aromatic N) is 4. The fourth-order valence-corrected chi connectivity index (χ4v) is 4.44. The van der Waals surface area contributed by atoms with Crippen molar-refractivity contribution in [2.45, 2.75) is 39.0 Å². The molecule has 2 aliphatic rings. The molecule has 0 aliphatic carbocycles. The van der Waals surface area contributed by atoms with Crippen LogP contribution in [0.5, 0.6) is 0 Å². The number of amides is 3. The third kappa shape index (κ3) is 2.68. The minimum atomic E-state index is -0.577. The second-order valence-electron chi connectivity index (χ2n) is 8.42. The van der Waals surface area contributed by atoms with Gasteiger partial charge in [0.2, 0.25) is 5.91 Å². The molecule has 4 heterocycles. The summed E-state index contributed by atoms with van der Waals surface area (Å²) in [7, 11) is 0. The number of carbonyl (C=O) groups is 2. The summed E-state index contributed by atoms with van der Waals surface area (Å²) >= 11 is 0. The number of fused-ring (bicyclic) bond motifs is 2. The number of likely N-dealkylation sites (tertiary alicyclic amines) is 1. The minimum Gasteiger partial charge on any atom is -0.337 e. The Morgan fingerprint density at radius 2 is 2.03 bits per heavy atom. The average molecular weight is 407 g/mol. The predicted molar refractivity (Wildman–Crippen MR) is 115 cm³/mol. The number of anilines is 2. The third-order valence-corrected chi connectivity index (χ3v) is 6.16. The van der Waals surface area contributed by atoms with Gasteiger partial charge in [0.05, 0.1) is 27.8 Å². The minimum absolute atomic E-state index is 0.104. The van der Waals surface area contributed by atoms with E-state index in [0.29, 0.717) is 23.8 Å². The number of nitrogens with one attached hydrogen (secondary N) is 3. The summed E-state index contributed by atoms with van der Waals surface area (Å²) in [6.45, 7) is 8.04. The highest BCUT2D eigenvalue weighted by Gasteiger charge is 2.43. The number of H-pyrrole nitrogens is 2. The molecule has 0 bridgehead atoms. The van der Waals surface area contributed by atoms with Gasteiger partial charge in [-0.05, 0) is 51.3 Å². The van der Waals surface area contributed by atoms with Crippen LogP contribution in [0.15, 0.2) is 18.3 Å². The molecule has 9 nitrogen and oxygen atoms in total. The predicted octanol–water partition coefficient (Wildman–Crippen LogP) is 3.22. The normalized spacial score (nSPS) is 17.8. The summed E-state index contributed by atoms with van der Waals surface area (Å²) < 4.78 is 0. The van der Waals surface area contributed by atoms with Gasteiger partial charge in [0, 0.05) is 25.8 Å². The van der Waals surface area contributed by atoms with E-state index in [1.54, 1.807) is 16.0 Å². The zero-order chi connectivity index (χ0) is 21.0. The summed E-state index contributed by atoms with van der Waals surface area (Å²) in [5.74, 6) is 0.672. The number of urea groups is 1. The molecule has 30 heavy (non-hydrogen) atoms. The number of hydrogen-bond donors (Lipinski definition) is 3. The largest absolute Gasteiger partial charge is 0.337 e. The number of rotatable bonds is 3. The molecule has 0 saturated carbocycles. The third-order valence-electron chi connectivity index (χ3n) is 6.16. The van der Waals surface area contributed by atoms with Gasteiger partial charge in [-0.15, -0.1) is 0 Å². The molecular formula is C21H25N7O2. The van der Waals surface area contributed by atoms with E-state index in [-0.39, 0.29) is 11.9 Å². The zero-order valence-corrected chi connectivity index (χ0v) is 17.4. The van der Waals surface area contributed by atoms with Crippen molar-refractivity contribution in [3.63, 3.8) is 0 Å². The molecule has 2 aromatic heterocycles. The lowest BCUT2D eigenvalue weighted by atomic mass is 9.86. The highest BCUT2D eigenvalue weighted by Crippen LogP contribution is 2.43. The number of hydrogen-bond acceptors (Lipinski definition) is 4. The molecule has 0 atom stereocenters. The van der Waals surface area contributed by atoms with Gasteiger partial charge in [0.15, 0.2) is 11.5 Å². The smallest absolute Gasteiger partial charge is 0.321 e. The first-order valence-electron chi connectivity index (χ1n) is 10.4. The van der Waals surface area contributed by atoms with Crippen molar-refractivity contribution < 1.29 is 9.59 Å². The molecule has 1 saturated heterocycles. The quantitative estimate of drug-likeness (QED) is 0.619. The molecule has 3 aromatic rings. The van der Waals surface area contributed by atoms with E-state index < -0.39 is 5.41 Å². The Morgan fingerprint density at radius 1 is 1.27 bits per heavy atom. The zero-order valence-electron chi connectivity index (χ0n) is 17.4. The maximum atomic E-state index is 12.8. The summed E-state index contributed by atoms with van der Waals surface area (Å²) in [6, 6.07) is 3.84. The summed E-state index contributed by atoms with van der Waals surface area (Å²) in [6.07, 6.45) is 3.73. The number of aromatic nitrogens is 4. The molecule has 0 spiro atoms. The fraction of sp³-hybridized carbons (Fsp3) is 0.429. The van der Waals surface area contributed by atoms with Crippen LogP contribution in [-0.2, 0) is 10.2 Å². The SMILES string of the molecule is CCN1C(=O)C(C)(C)c2cc3[nH]c(-c4n[nH]cc4NC(=O)N4CCCC4)nc3cc21. The standard InChI is InChI=1S/C21H25N7O2/c1-4-28-16-10-14-13(9-12(16)21(2,3)19(28)29)23-18(24-14)17-15(11-22-26-17)25-20(30)27-7-5-6-8-27/h9-11H,4-8H2,1-3H3,(H,22,26)(H,23,24)(H,25,30). The number of likely N-dealkylation sites (N-methyl/N-ethyl adjacent to an activating group) is 1. The Balaban J connectivity index is 1.51. The van der Waals surface area contributed by atoms with Gasteiger partial charge in [-0.25, -0.2) is 9.78 Å². The van der Waals surface area contributed by atoms with Crippen molar-refractivity contribution >= 4 is 34.3 Å². The maximum absolute atomic E-state index is 12.8. The van der Waals surface area contributed by atoms with Gasteiger partial charge in [0.1, 0.15) is 0 Å². The van der Waals surface area contributed by atoms with Gasteiger partial charge in [-0.1, -0.05) is 0 Å². The summed E-state index contributed by atoms with van der Waals surface area (Å²) in [5, 5.41) is 10.1. The van der Waals surface area contributed by atoms with E-state index in [4.69, 9.17) is 4.98 Å². The molecule has 1 fully saturated rings. The van der Waals surface area contributed by atoms with Crippen molar-refractivity contribution in [3.8, 4) is 11.5 Å². The van der Waals surface area contributed by atoms with Crippen LogP contribution >= 0.6 is 0 Å². The van der Waals surface area contributed by atoms with Crippen molar-refractivity contribution in [3.05, 3.63) is 23.9 Å². The molecule has 3 N–H and O–H groups in total. The molecule has 156 valence electrons. The highest BCUT2D eigenvalue weighted by atomic mass is 16.2. The van der Waals surface area contributed by atoms with E-state index in [9.17, 15) is 9.59 Å². The number of aromatic amines is 2. The van der Waals surface area contributed by atoms with Gasteiger partial charge in [-0.3, -0.25) is 9.89 Å². The topological polar surface area (TPSA) is 110 Å². The maximum Gasteiger partial charge on any atom is 0.321 e. The molecule has 9 heteroatoms.